The van der Waals surface area contributed by atoms with Crippen LogP contribution in [-0.4, -0.2) is 23.1 Å². The van der Waals surface area contributed by atoms with E-state index in [4.69, 9.17) is 5.73 Å². The summed E-state index contributed by atoms with van der Waals surface area (Å²) >= 11 is 0. The van der Waals surface area contributed by atoms with Gasteiger partial charge in [-0.1, -0.05) is 6.92 Å². The van der Waals surface area contributed by atoms with Gasteiger partial charge in [0, 0.05) is 25.6 Å². The van der Waals surface area contributed by atoms with E-state index in [-0.39, 0.29) is 0 Å². The van der Waals surface area contributed by atoms with Crippen LogP contribution in [0.25, 0.3) is 0 Å². The Morgan fingerprint density at radius 3 is 2.75 bits per heavy atom. The Kier molecular flexibility index (Phi) is 2.99. The smallest absolute Gasteiger partial charge is 0.134 e. The molecule has 0 radical (unpaired) electrons. The lowest BCUT2D eigenvalue weighted by molar-refractivity contribution is 0.602. The first kappa shape index (κ1) is 11.2. The zero-order valence-corrected chi connectivity index (χ0v) is 10.3. The van der Waals surface area contributed by atoms with Gasteiger partial charge in [-0.3, -0.25) is 0 Å². The maximum atomic E-state index is 5.79. The Balaban J connectivity index is 2.20. The molecule has 2 N–H and O–H groups in total. The second-order valence-corrected chi connectivity index (χ2v) is 4.61. The standard InChI is InChI=1S/C12H20N4/c1-4-11-14-10(13)7-12(15-11)16(3)8(2)9-5-6-9/h7-9H,4-6H2,1-3H3,(H2,13,14,15). The van der Waals surface area contributed by atoms with Crippen LogP contribution in [0.5, 0.6) is 0 Å². The summed E-state index contributed by atoms with van der Waals surface area (Å²) in [5.74, 6) is 3.16. The van der Waals surface area contributed by atoms with Gasteiger partial charge in [-0.15, -0.1) is 0 Å². The molecule has 1 unspecified atom stereocenters. The van der Waals surface area contributed by atoms with Crippen LogP contribution in [0, 0.1) is 5.92 Å². The van der Waals surface area contributed by atoms with Crippen LogP contribution >= 0.6 is 0 Å². The van der Waals surface area contributed by atoms with E-state index in [0.717, 1.165) is 24.0 Å². The van der Waals surface area contributed by atoms with Crippen molar-refractivity contribution >= 4 is 11.6 Å². The minimum absolute atomic E-state index is 0.541. The molecular formula is C12H20N4. The Morgan fingerprint density at radius 2 is 2.19 bits per heavy atom. The van der Waals surface area contributed by atoms with E-state index in [2.05, 4.69) is 28.8 Å². The van der Waals surface area contributed by atoms with Gasteiger partial charge in [0.1, 0.15) is 17.5 Å². The molecule has 1 aromatic rings. The van der Waals surface area contributed by atoms with Gasteiger partial charge < -0.3 is 10.6 Å². The predicted molar refractivity (Wildman–Crippen MR) is 66.4 cm³/mol. The highest BCUT2D eigenvalue weighted by Crippen LogP contribution is 2.35. The molecule has 16 heavy (non-hydrogen) atoms. The van der Waals surface area contributed by atoms with Gasteiger partial charge in [-0.25, -0.2) is 9.97 Å². The zero-order chi connectivity index (χ0) is 11.7. The van der Waals surface area contributed by atoms with Crippen molar-refractivity contribution in [2.24, 2.45) is 5.92 Å². The van der Waals surface area contributed by atoms with E-state index in [1.165, 1.54) is 12.8 Å². The van der Waals surface area contributed by atoms with Crippen LogP contribution in [0.3, 0.4) is 0 Å². The zero-order valence-electron chi connectivity index (χ0n) is 10.3. The summed E-state index contributed by atoms with van der Waals surface area (Å²) in [5.41, 5.74) is 5.79. The lowest BCUT2D eigenvalue weighted by atomic mass is 10.2. The fraction of sp³-hybridized carbons (Fsp3) is 0.667. The number of aromatic nitrogens is 2. The second kappa shape index (κ2) is 4.28. The lowest BCUT2D eigenvalue weighted by Gasteiger charge is -2.26. The molecule has 4 nitrogen and oxygen atoms in total. The van der Waals surface area contributed by atoms with Crippen molar-refractivity contribution in [2.75, 3.05) is 17.7 Å². The molecule has 0 spiro atoms. The van der Waals surface area contributed by atoms with Gasteiger partial charge in [-0.2, -0.15) is 0 Å². The summed E-state index contributed by atoms with van der Waals surface area (Å²) in [6.45, 7) is 4.30. The van der Waals surface area contributed by atoms with E-state index < -0.39 is 0 Å². The van der Waals surface area contributed by atoms with Crippen LogP contribution in [0.15, 0.2) is 6.07 Å². The van der Waals surface area contributed by atoms with Crippen molar-refractivity contribution in [1.82, 2.24) is 9.97 Å². The Hall–Kier alpha value is -1.32. The molecule has 1 aliphatic carbocycles. The molecule has 1 heterocycles. The third-order valence-corrected chi connectivity index (χ3v) is 3.37. The van der Waals surface area contributed by atoms with E-state index in [1.807, 2.05) is 13.0 Å². The van der Waals surface area contributed by atoms with Crippen molar-refractivity contribution in [1.29, 1.82) is 0 Å². The highest BCUT2D eigenvalue weighted by atomic mass is 15.2. The maximum Gasteiger partial charge on any atom is 0.134 e. The number of rotatable bonds is 4. The quantitative estimate of drug-likeness (QED) is 0.841. The van der Waals surface area contributed by atoms with Gasteiger partial charge in [-0.05, 0) is 25.7 Å². The predicted octanol–water partition coefficient (Wildman–Crippen LogP) is 1.86. The van der Waals surface area contributed by atoms with Crippen molar-refractivity contribution in [2.45, 2.75) is 39.2 Å². The minimum atomic E-state index is 0.541. The minimum Gasteiger partial charge on any atom is -0.384 e. The normalized spacial score (nSPS) is 17.2. The van der Waals surface area contributed by atoms with Gasteiger partial charge in [0.15, 0.2) is 0 Å². The van der Waals surface area contributed by atoms with E-state index in [1.54, 1.807) is 0 Å². The van der Waals surface area contributed by atoms with Gasteiger partial charge in [0.05, 0.1) is 0 Å². The molecule has 0 aliphatic heterocycles. The molecule has 1 aliphatic rings. The third kappa shape index (κ3) is 2.26. The van der Waals surface area contributed by atoms with Crippen molar-refractivity contribution in [3.8, 4) is 0 Å². The van der Waals surface area contributed by atoms with Crippen molar-refractivity contribution in [3.05, 3.63) is 11.9 Å². The molecule has 88 valence electrons. The van der Waals surface area contributed by atoms with Crippen LogP contribution in [0.2, 0.25) is 0 Å². The molecule has 1 atom stereocenters. The highest BCUT2D eigenvalue weighted by molar-refractivity contribution is 5.47. The number of nitrogens with two attached hydrogens (primary N) is 1. The molecule has 0 bridgehead atoms. The SMILES string of the molecule is CCc1nc(N)cc(N(C)C(C)C2CC2)n1. The number of nitrogens with zero attached hydrogens (tertiary/aromatic N) is 3. The van der Waals surface area contributed by atoms with E-state index in [9.17, 15) is 0 Å². The average Bonchev–Trinajstić information content (AvgIpc) is 3.10. The van der Waals surface area contributed by atoms with Gasteiger partial charge in [0.2, 0.25) is 0 Å². The monoisotopic (exact) mass is 220 g/mol. The summed E-state index contributed by atoms with van der Waals surface area (Å²) < 4.78 is 0. The highest BCUT2D eigenvalue weighted by Gasteiger charge is 2.31. The number of hydrogen-bond acceptors (Lipinski definition) is 4. The van der Waals surface area contributed by atoms with Crippen LogP contribution in [-0.2, 0) is 6.42 Å². The molecule has 2 rings (SSSR count). The molecule has 1 aromatic heterocycles. The Morgan fingerprint density at radius 1 is 1.50 bits per heavy atom. The molecule has 0 aromatic carbocycles. The van der Waals surface area contributed by atoms with Crippen LogP contribution in [0.1, 0.15) is 32.5 Å². The first-order valence-electron chi connectivity index (χ1n) is 5.98. The lowest BCUT2D eigenvalue weighted by Crippen LogP contribution is -2.31. The van der Waals surface area contributed by atoms with Crippen molar-refractivity contribution in [3.63, 3.8) is 0 Å². The Labute approximate surface area is 96.9 Å². The number of hydrogen-bond donors (Lipinski definition) is 1. The molecule has 4 heteroatoms. The number of anilines is 2. The van der Waals surface area contributed by atoms with E-state index in [0.29, 0.717) is 11.9 Å². The van der Waals surface area contributed by atoms with Gasteiger partial charge >= 0.3 is 0 Å². The Bertz CT molecular complexity index is 373. The summed E-state index contributed by atoms with van der Waals surface area (Å²) in [6, 6.07) is 2.40. The molecular weight excluding hydrogens is 200 g/mol. The average molecular weight is 220 g/mol. The number of nitrogen functional groups attached to an aromatic ring is 1. The third-order valence-electron chi connectivity index (χ3n) is 3.37. The van der Waals surface area contributed by atoms with Crippen LogP contribution in [0.4, 0.5) is 11.6 Å². The fourth-order valence-corrected chi connectivity index (χ4v) is 1.95. The van der Waals surface area contributed by atoms with Crippen LogP contribution < -0.4 is 10.6 Å². The molecule has 1 saturated carbocycles. The summed E-state index contributed by atoms with van der Waals surface area (Å²) in [5, 5.41) is 0. The van der Waals surface area contributed by atoms with Gasteiger partial charge in [0.25, 0.3) is 0 Å². The topological polar surface area (TPSA) is 55.0 Å². The summed E-state index contributed by atoms with van der Waals surface area (Å²) in [7, 11) is 2.09. The number of aryl methyl sites for hydroxylation is 1. The first-order valence-corrected chi connectivity index (χ1v) is 5.98. The molecule has 0 amide bonds. The largest absolute Gasteiger partial charge is 0.384 e. The first-order chi connectivity index (χ1) is 7.61. The second-order valence-electron chi connectivity index (χ2n) is 4.61. The summed E-state index contributed by atoms with van der Waals surface area (Å²) in [6.07, 6.45) is 3.50. The maximum absolute atomic E-state index is 5.79. The van der Waals surface area contributed by atoms with Crippen molar-refractivity contribution < 1.29 is 0 Å². The van der Waals surface area contributed by atoms with E-state index >= 15 is 0 Å². The fourth-order valence-electron chi connectivity index (χ4n) is 1.95. The molecule has 0 saturated heterocycles. The summed E-state index contributed by atoms with van der Waals surface area (Å²) in [4.78, 5) is 10.9. The molecule has 1 fully saturated rings.